The molecule has 3 aromatic carbocycles. The zero-order valence-electron chi connectivity index (χ0n) is 14.3. The number of para-hydroxylation sites is 2. The number of phenols is 1. The third kappa shape index (κ3) is 4.19. The fourth-order valence-electron chi connectivity index (χ4n) is 2.47. The number of aliphatic imine (C=N–C) groups is 1. The lowest BCUT2D eigenvalue weighted by atomic mass is 10.2. The number of nitrogens with zero attached hydrogens (tertiary/aromatic N) is 3. The van der Waals surface area contributed by atoms with Gasteiger partial charge in [0.25, 0.3) is 0 Å². The predicted molar refractivity (Wildman–Crippen MR) is 110 cm³/mol. The molecule has 1 heterocycles. The molecular formula is C21H16N4OS. The first kappa shape index (κ1) is 16.9. The number of nitrogens with one attached hydrogen (secondary N) is 1. The van der Waals surface area contributed by atoms with Crippen molar-refractivity contribution in [2.75, 3.05) is 5.32 Å². The Bertz CT molecular complexity index is 1060. The van der Waals surface area contributed by atoms with Gasteiger partial charge in [0.15, 0.2) is 0 Å². The molecule has 0 spiro atoms. The smallest absolute Gasteiger partial charge is 0.210 e. The summed E-state index contributed by atoms with van der Waals surface area (Å²) in [6, 6.07) is 24.7. The van der Waals surface area contributed by atoms with Crippen LogP contribution in [0.25, 0.3) is 10.6 Å². The van der Waals surface area contributed by atoms with Gasteiger partial charge in [-0.15, -0.1) is 10.2 Å². The molecule has 27 heavy (non-hydrogen) atoms. The van der Waals surface area contributed by atoms with Crippen LogP contribution in [0.5, 0.6) is 5.75 Å². The second-order valence-corrected chi connectivity index (χ2v) is 6.74. The minimum absolute atomic E-state index is 0.213. The Kier molecular flexibility index (Phi) is 4.89. The fraction of sp³-hybridized carbons (Fsp3) is 0. The Hall–Kier alpha value is -3.51. The van der Waals surface area contributed by atoms with Gasteiger partial charge in [0.1, 0.15) is 10.8 Å². The lowest BCUT2D eigenvalue weighted by Crippen LogP contribution is -1.87. The van der Waals surface area contributed by atoms with Gasteiger partial charge < -0.3 is 10.4 Å². The largest absolute Gasteiger partial charge is 0.507 e. The zero-order chi connectivity index (χ0) is 18.5. The van der Waals surface area contributed by atoms with E-state index in [0.717, 1.165) is 27.1 Å². The van der Waals surface area contributed by atoms with Crippen LogP contribution in [-0.2, 0) is 0 Å². The summed E-state index contributed by atoms with van der Waals surface area (Å²) in [6.07, 6.45) is 1.65. The third-order valence-electron chi connectivity index (χ3n) is 3.85. The van der Waals surface area contributed by atoms with Crippen LogP contribution in [0.2, 0.25) is 0 Å². The molecule has 2 N–H and O–H groups in total. The number of rotatable bonds is 5. The van der Waals surface area contributed by atoms with Crippen LogP contribution in [0.1, 0.15) is 5.56 Å². The summed E-state index contributed by atoms with van der Waals surface area (Å²) < 4.78 is 0. The molecule has 0 aliphatic heterocycles. The van der Waals surface area contributed by atoms with Gasteiger partial charge in [0.05, 0.1) is 5.69 Å². The van der Waals surface area contributed by atoms with Crippen molar-refractivity contribution < 1.29 is 5.11 Å². The van der Waals surface area contributed by atoms with Crippen molar-refractivity contribution in [2.45, 2.75) is 0 Å². The van der Waals surface area contributed by atoms with Crippen LogP contribution in [0.15, 0.2) is 83.9 Å². The molecule has 0 amide bonds. The van der Waals surface area contributed by atoms with Gasteiger partial charge in [-0.25, -0.2) is 0 Å². The molecule has 0 unspecified atom stereocenters. The van der Waals surface area contributed by atoms with E-state index in [1.54, 1.807) is 18.3 Å². The molecule has 0 radical (unpaired) electrons. The number of anilines is 2. The molecule has 6 heteroatoms. The van der Waals surface area contributed by atoms with Gasteiger partial charge >= 0.3 is 0 Å². The SMILES string of the molecule is Oc1ccccc1C=Nc1ccc(-c2nnc(Nc3ccccc3)s2)cc1. The molecule has 1 aromatic heterocycles. The molecule has 4 rings (SSSR count). The first-order chi connectivity index (χ1) is 13.3. The molecule has 0 aliphatic carbocycles. The summed E-state index contributed by atoms with van der Waals surface area (Å²) in [5.41, 5.74) is 3.45. The van der Waals surface area contributed by atoms with Crippen LogP contribution in [0, 0.1) is 0 Å². The fourth-order valence-corrected chi connectivity index (χ4v) is 3.24. The number of benzene rings is 3. The van der Waals surface area contributed by atoms with Gasteiger partial charge in [-0.1, -0.05) is 41.7 Å². The van der Waals surface area contributed by atoms with Crippen molar-refractivity contribution in [1.29, 1.82) is 0 Å². The second-order valence-electron chi connectivity index (χ2n) is 5.77. The van der Waals surface area contributed by atoms with Crippen molar-refractivity contribution in [3.8, 4) is 16.3 Å². The van der Waals surface area contributed by atoms with Crippen molar-refractivity contribution in [1.82, 2.24) is 10.2 Å². The summed E-state index contributed by atoms with van der Waals surface area (Å²) in [5.74, 6) is 0.213. The van der Waals surface area contributed by atoms with Crippen molar-refractivity contribution in [3.63, 3.8) is 0 Å². The third-order valence-corrected chi connectivity index (χ3v) is 4.74. The molecule has 0 fully saturated rings. The lowest BCUT2D eigenvalue weighted by Gasteiger charge is -2.00. The molecule has 0 saturated heterocycles. The maximum atomic E-state index is 9.78. The molecule has 5 nitrogen and oxygen atoms in total. The Balaban J connectivity index is 1.47. The zero-order valence-corrected chi connectivity index (χ0v) is 15.1. The van der Waals surface area contributed by atoms with E-state index in [2.05, 4.69) is 20.5 Å². The van der Waals surface area contributed by atoms with E-state index in [9.17, 15) is 5.11 Å². The topological polar surface area (TPSA) is 70.4 Å². The van der Waals surface area contributed by atoms with E-state index >= 15 is 0 Å². The van der Waals surface area contributed by atoms with E-state index in [1.807, 2.05) is 66.7 Å². The van der Waals surface area contributed by atoms with E-state index in [-0.39, 0.29) is 5.75 Å². The van der Waals surface area contributed by atoms with Crippen LogP contribution < -0.4 is 5.32 Å². The maximum Gasteiger partial charge on any atom is 0.210 e. The standard InChI is InChI=1S/C21H16N4OS/c26-19-9-5-4-6-16(19)14-22-17-12-10-15(11-13-17)20-24-25-21(27-20)23-18-7-2-1-3-8-18/h1-14,26H,(H,23,25). The van der Waals surface area contributed by atoms with Crippen LogP contribution in [0.3, 0.4) is 0 Å². The molecule has 0 aliphatic rings. The highest BCUT2D eigenvalue weighted by atomic mass is 32.1. The first-order valence-corrected chi connectivity index (χ1v) is 9.18. The minimum atomic E-state index is 0.213. The number of hydrogen-bond donors (Lipinski definition) is 2. The number of phenolic OH excluding ortho intramolecular Hbond substituents is 1. The van der Waals surface area contributed by atoms with Gasteiger partial charge in [-0.3, -0.25) is 4.99 Å². The average Bonchev–Trinajstić information content (AvgIpc) is 3.17. The molecule has 132 valence electrons. The van der Waals surface area contributed by atoms with Gasteiger partial charge in [0, 0.05) is 23.0 Å². The Morgan fingerprint density at radius 2 is 1.59 bits per heavy atom. The van der Waals surface area contributed by atoms with Crippen LogP contribution >= 0.6 is 11.3 Å². The number of hydrogen-bond acceptors (Lipinski definition) is 6. The highest BCUT2D eigenvalue weighted by molar-refractivity contribution is 7.18. The maximum absolute atomic E-state index is 9.78. The lowest BCUT2D eigenvalue weighted by molar-refractivity contribution is 0.474. The molecule has 0 bridgehead atoms. The molecule has 4 aromatic rings. The summed E-state index contributed by atoms with van der Waals surface area (Å²) in [4.78, 5) is 4.40. The molecular weight excluding hydrogens is 356 g/mol. The summed E-state index contributed by atoms with van der Waals surface area (Å²) in [6.45, 7) is 0. The summed E-state index contributed by atoms with van der Waals surface area (Å²) in [5, 5.41) is 23.1. The Labute approximate surface area is 160 Å². The van der Waals surface area contributed by atoms with Crippen molar-refractivity contribution in [2.24, 2.45) is 4.99 Å². The average molecular weight is 372 g/mol. The van der Waals surface area contributed by atoms with Gasteiger partial charge in [0.2, 0.25) is 5.13 Å². The minimum Gasteiger partial charge on any atom is -0.507 e. The molecule has 0 atom stereocenters. The Morgan fingerprint density at radius 1 is 0.852 bits per heavy atom. The summed E-state index contributed by atoms with van der Waals surface area (Å²) in [7, 11) is 0. The Morgan fingerprint density at radius 3 is 2.37 bits per heavy atom. The van der Waals surface area contributed by atoms with E-state index < -0.39 is 0 Å². The second kappa shape index (κ2) is 7.80. The molecule has 0 saturated carbocycles. The highest BCUT2D eigenvalue weighted by Crippen LogP contribution is 2.29. The van der Waals surface area contributed by atoms with Crippen molar-refractivity contribution in [3.05, 3.63) is 84.4 Å². The van der Waals surface area contributed by atoms with E-state index in [0.29, 0.717) is 5.56 Å². The summed E-state index contributed by atoms with van der Waals surface area (Å²) >= 11 is 1.49. The number of aromatic hydroxyl groups is 1. The van der Waals surface area contributed by atoms with Crippen LogP contribution in [0.4, 0.5) is 16.5 Å². The monoisotopic (exact) mass is 372 g/mol. The first-order valence-electron chi connectivity index (χ1n) is 8.36. The quantitative estimate of drug-likeness (QED) is 0.460. The van der Waals surface area contributed by atoms with Crippen LogP contribution in [-0.4, -0.2) is 21.5 Å². The van der Waals surface area contributed by atoms with Gasteiger partial charge in [-0.05, 0) is 48.5 Å². The van der Waals surface area contributed by atoms with Crippen molar-refractivity contribution >= 4 is 34.1 Å². The van der Waals surface area contributed by atoms with E-state index in [4.69, 9.17) is 0 Å². The highest BCUT2D eigenvalue weighted by Gasteiger charge is 2.07. The predicted octanol–water partition coefficient (Wildman–Crippen LogP) is 5.40. The number of aromatic nitrogens is 2. The van der Waals surface area contributed by atoms with E-state index in [1.165, 1.54) is 11.3 Å². The van der Waals surface area contributed by atoms with Gasteiger partial charge in [-0.2, -0.15) is 0 Å². The normalized spacial score (nSPS) is 11.0.